The first kappa shape index (κ1) is 33.4. The maximum absolute atomic E-state index is 13.6. The summed E-state index contributed by atoms with van der Waals surface area (Å²) in [6.45, 7) is 11.0. The fraction of sp³-hybridized carbons (Fsp3) is 0.382. The Bertz CT molecular complexity index is 1620. The van der Waals surface area contributed by atoms with Crippen LogP contribution in [0.2, 0.25) is 18.1 Å². The van der Waals surface area contributed by atoms with Crippen LogP contribution in [0.4, 0.5) is 10.1 Å². The topological polar surface area (TPSA) is 95.9 Å². The summed E-state index contributed by atoms with van der Waals surface area (Å²) in [5.74, 6) is 5.76. The van der Waals surface area contributed by atoms with E-state index in [2.05, 4.69) is 50.4 Å². The molecule has 1 saturated heterocycles. The minimum Gasteiger partial charge on any atom is -0.544 e. The van der Waals surface area contributed by atoms with Crippen LogP contribution >= 0.6 is 0 Å². The molecule has 0 aromatic heterocycles. The lowest BCUT2D eigenvalue weighted by Gasteiger charge is -2.48. The van der Waals surface area contributed by atoms with Gasteiger partial charge in [-0.3, -0.25) is 4.79 Å². The second-order valence-corrected chi connectivity index (χ2v) is 19.3. The van der Waals surface area contributed by atoms with Crippen LogP contribution in [0, 0.1) is 23.6 Å². The molecule has 0 radical (unpaired) electrons. The zero-order chi connectivity index (χ0) is 32.3. The van der Waals surface area contributed by atoms with Crippen molar-refractivity contribution in [2.45, 2.75) is 63.9 Å². The summed E-state index contributed by atoms with van der Waals surface area (Å²) < 4.78 is 44.7. The van der Waals surface area contributed by atoms with Gasteiger partial charge in [0.15, 0.2) is 0 Å². The van der Waals surface area contributed by atoms with Crippen molar-refractivity contribution in [3.63, 3.8) is 0 Å². The van der Waals surface area contributed by atoms with Crippen molar-refractivity contribution in [2.75, 3.05) is 17.7 Å². The van der Waals surface area contributed by atoms with Crippen LogP contribution in [0.25, 0.3) is 0 Å². The van der Waals surface area contributed by atoms with Gasteiger partial charge in [0.1, 0.15) is 11.6 Å². The lowest BCUT2D eigenvalue weighted by atomic mass is 9.78. The van der Waals surface area contributed by atoms with E-state index in [-0.39, 0.29) is 35.3 Å². The molecule has 7 nitrogen and oxygen atoms in total. The highest BCUT2D eigenvalue weighted by molar-refractivity contribution is 7.88. The van der Waals surface area contributed by atoms with Gasteiger partial charge in [-0.05, 0) is 90.6 Å². The maximum Gasteiger partial charge on any atom is 0.250 e. The number of carbonyl (C=O) groups excluding carboxylic acids is 1. The molecule has 0 aliphatic carbocycles. The Hall–Kier alpha value is -3.49. The third-order valence-electron chi connectivity index (χ3n) is 8.42. The molecule has 0 saturated carbocycles. The molecule has 1 heterocycles. The van der Waals surface area contributed by atoms with Crippen molar-refractivity contribution < 1.29 is 27.1 Å². The van der Waals surface area contributed by atoms with Crippen molar-refractivity contribution in [1.82, 2.24) is 4.72 Å². The van der Waals surface area contributed by atoms with Crippen LogP contribution in [0.3, 0.4) is 0 Å². The van der Waals surface area contributed by atoms with Gasteiger partial charge >= 0.3 is 0 Å². The zero-order valence-electron chi connectivity index (χ0n) is 26.1. The number of benzene rings is 3. The van der Waals surface area contributed by atoms with Crippen molar-refractivity contribution in [3.05, 3.63) is 95.3 Å². The monoisotopic (exact) mass is 636 g/mol. The first-order valence-corrected chi connectivity index (χ1v) is 19.4. The lowest BCUT2D eigenvalue weighted by Crippen LogP contribution is -2.55. The normalized spacial score (nSPS) is 17.8. The predicted molar refractivity (Wildman–Crippen MR) is 175 cm³/mol. The second-order valence-electron chi connectivity index (χ2n) is 12.8. The Morgan fingerprint density at radius 1 is 1.02 bits per heavy atom. The predicted octanol–water partition coefficient (Wildman–Crippen LogP) is 6.33. The number of hydrogen-bond donors (Lipinski definition) is 2. The smallest absolute Gasteiger partial charge is 0.250 e. The molecule has 3 unspecified atom stereocenters. The molecule has 10 heteroatoms. The van der Waals surface area contributed by atoms with E-state index in [0.717, 1.165) is 23.3 Å². The molecule has 0 bridgehead atoms. The van der Waals surface area contributed by atoms with Crippen LogP contribution < -0.4 is 14.0 Å². The number of aliphatic hydroxyl groups excluding tert-OH is 1. The Kier molecular flexibility index (Phi) is 10.1. The molecular formula is C34H41FN2O5SSi. The molecule has 2 N–H and O–H groups in total. The van der Waals surface area contributed by atoms with E-state index in [0.29, 0.717) is 24.0 Å². The average Bonchev–Trinajstić information content (AvgIpc) is 2.94. The molecule has 1 aliphatic rings. The van der Waals surface area contributed by atoms with Crippen molar-refractivity contribution in [3.8, 4) is 17.6 Å². The fourth-order valence-corrected chi connectivity index (χ4v) is 6.25. The van der Waals surface area contributed by atoms with Crippen molar-refractivity contribution in [2.24, 2.45) is 5.92 Å². The molecular weight excluding hydrogens is 596 g/mol. The molecule has 1 amide bonds. The summed E-state index contributed by atoms with van der Waals surface area (Å²) in [6, 6.07) is 20.7. The molecule has 3 aromatic carbocycles. The molecule has 3 atom stereocenters. The number of sulfonamides is 1. The van der Waals surface area contributed by atoms with Crippen LogP contribution in [0.15, 0.2) is 72.8 Å². The highest BCUT2D eigenvalue weighted by Gasteiger charge is 2.48. The van der Waals surface area contributed by atoms with Crippen molar-refractivity contribution >= 4 is 29.9 Å². The Morgan fingerprint density at radius 2 is 1.64 bits per heavy atom. The number of rotatable bonds is 10. The zero-order valence-corrected chi connectivity index (χ0v) is 27.9. The van der Waals surface area contributed by atoms with Crippen LogP contribution in [-0.2, 0) is 14.8 Å². The van der Waals surface area contributed by atoms with Crippen LogP contribution in [0.1, 0.15) is 62.4 Å². The first-order chi connectivity index (χ1) is 20.6. The highest BCUT2D eigenvalue weighted by atomic mass is 32.2. The number of aliphatic hydroxyl groups is 1. The van der Waals surface area contributed by atoms with Gasteiger partial charge in [0.05, 0.1) is 30.9 Å². The van der Waals surface area contributed by atoms with Gasteiger partial charge in [0.25, 0.3) is 0 Å². The van der Waals surface area contributed by atoms with Gasteiger partial charge in [-0.2, -0.15) is 0 Å². The number of anilines is 1. The van der Waals surface area contributed by atoms with Gasteiger partial charge < -0.3 is 14.4 Å². The number of halogens is 1. The van der Waals surface area contributed by atoms with Gasteiger partial charge in [0, 0.05) is 11.3 Å². The summed E-state index contributed by atoms with van der Waals surface area (Å²) in [6.07, 6.45) is 1.08. The number of β-lactam (4-membered cyclic amide) rings is 1. The van der Waals surface area contributed by atoms with Crippen LogP contribution in [0.5, 0.6) is 5.75 Å². The third-order valence-corrected chi connectivity index (χ3v) is 13.4. The Morgan fingerprint density at radius 3 is 2.20 bits per heavy atom. The summed E-state index contributed by atoms with van der Waals surface area (Å²) in [7, 11) is -5.34. The molecule has 44 heavy (non-hydrogen) atoms. The second kappa shape index (κ2) is 13.2. The molecule has 1 aliphatic heterocycles. The van der Waals surface area contributed by atoms with Crippen molar-refractivity contribution in [1.29, 1.82) is 0 Å². The fourth-order valence-electron chi connectivity index (χ4n) is 4.89. The van der Waals surface area contributed by atoms with Gasteiger partial charge in [-0.1, -0.05) is 56.9 Å². The largest absolute Gasteiger partial charge is 0.544 e. The number of carbonyl (C=O) groups is 1. The highest BCUT2D eigenvalue weighted by Crippen LogP contribution is 2.47. The number of amides is 1. The number of nitrogens with one attached hydrogen (secondary N) is 1. The lowest BCUT2D eigenvalue weighted by molar-refractivity contribution is -0.131. The van der Waals surface area contributed by atoms with E-state index < -0.39 is 24.4 Å². The van der Waals surface area contributed by atoms with E-state index in [1.807, 2.05) is 36.4 Å². The third kappa shape index (κ3) is 8.15. The van der Waals surface area contributed by atoms with Gasteiger partial charge in [0.2, 0.25) is 24.2 Å². The van der Waals surface area contributed by atoms with E-state index in [1.54, 1.807) is 29.2 Å². The molecule has 0 spiro atoms. The molecule has 3 aromatic rings. The maximum atomic E-state index is 13.6. The number of hydrogen-bond acceptors (Lipinski definition) is 5. The summed E-state index contributed by atoms with van der Waals surface area (Å²) in [4.78, 5) is 15.3. The summed E-state index contributed by atoms with van der Waals surface area (Å²) in [5.41, 5.74) is 2.99. The SMILES string of the molecule is CC(C)(C)[Si](C)(C)Oc1ccc(C2C(CCC(O)c3ccc(F)cc3)C(=O)N2c2ccc(C#CCNS(C)(=O)=O)cc2)cc1. The number of nitrogens with zero attached hydrogens (tertiary/aromatic N) is 1. The first-order valence-electron chi connectivity index (χ1n) is 14.6. The van der Waals surface area contributed by atoms with E-state index >= 15 is 0 Å². The summed E-state index contributed by atoms with van der Waals surface area (Å²) in [5, 5.41) is 10.8. The van der Waals surface area contributed by atoms with E-state index in [1.165, 1.54) is 12.1 Å². The standard InChI is InChI=1S/C34H41FN2O5SSi/c1-34(2,3)44(5,6)42-29-19-13-26(14-20-29)32-30(21-22-31(38)25-11-15-27(35)16-12-25)33(39)37(32)28-17-9-24(10-18-28)8-7-23-36-43(4,40)41/h9-20,30-32,36,38H,21-23H2,1-6H3. The van der Waals surface area contributed by atoms with Gasteiger partial charge in [-0.15, -0.1) is 0 Å². The van der Waals surface area contributed by atoms with Gasteiger partial charge in [-0.25, -0.2) is 17.5 Å². The quantitative estimate of drug-likeness (QED) is 0.154. The Balaban J connectivity index is 1.55. The van der Waals surface area contributed by atoms with E-state index in [9.17, 15) is 22.7 Å². The molecule has 1 fully saturated rings. The van der Waals surface area contributed by atoms with Crippen LogP contribution in [-0.4, -0.2) is 40.5 Å². The Labute approximate surface area is 261 Å². The molecule has 234 valence electrons. The average molecular weight is 637 g/mol. The minimum absolute atomic E-state index is 0.00779. The van der Waals surface area contributed by atoms with E-state index in [4.69, 9.17) is 4.43 Å². The molecule has 4 rings (SSSR count). The minimum atomic E-state index is -3.32. The summed E-state index contributed by atoms with van der Waals surface area (Å²) >= 11 is 0.